The second-order valence-corrected chi connectivity index (χ2v) is 2.53. The summed E-state index contributed by atoms with van der Waals surface area (Å²) in [4.78, 5) is 8.89. The zero-order valence-electron chi connectivity index (χ0n) is 8.98. The summed E-state index contributed by atoms with van der Waals surface area (Å²) in [6, 6.07) is 0. The largest absolute Gasteiger partial charge is 0.550 e. The third-order valence-electron chi connectivity index (χ3n) is 0.843. The van der Waals surface area contributed by atoms with Gasteiger partial charge in [-0.15, -0.1) is 0 Å². The van der Waals surface area contributed by atoms with Gasteiger partial charge in [-0.05, 0) is 6.92 Å². The summed E-state index contributed by atoms with van der Waals surface area (Å²) in [5.74, 6) is -1.08. The second kappa shape index (κ2) is 16.7. The summed E-state index contributed by atoms with van der Waals surface area (Å²) in [6.45, 7) is -0.486. The third kappa shape index (κ3) is 37.9. The maximum Gasteiger partial charge on any atom is 0.100 e. The Kier molecular flexibility index (Phi) is 21.5. The minimum absolute atomic E-state index is 0.365. The van der Waals surface area contributed by atoms with E-state index in [9.17, 15) is 0 Å². The molecular formula is C8H19O8-. The number of hydrogen-bond acceptors (Lipinski definition) is 8. The SMILES string of the molecule is CC(=O)[O-].OCC(O)CO.OCC(O)CO. The Bertz CT molecular complexity index is 118. The highest BCUT2D eigenvalue weighted by Crippen LogP contribution is 1.72. The molecule has 0 aliphatic rings. The fraction of sp³-hybridized carbons (Fsp3) is 0.875. The quantitative estimate of drug-likeness (QED) is 0.287. The molecule has 0 aromatic rings. The van der Waals surface area contributed by atoms with Gasteiger partial charge in [0.05, 0.1) is 26.4 Å². The van der Waals surface area contributed by atoms with Crippen molar-refractivity contribution in [1.82, 2.24) is 0 Å². The first kappa shape index (κ1) is 20.6. The summed E-state index contributed by atoms with van der Waals surface area (Å²) in [7, 11) is 0. The Hall–Kier alpha value is -0.770. The van der Waals surface area contributed by atoms with Crippen LogP contribution in [0, 0.1) is 0 Å². The van der Waals surface area contributed by atoms with E-state index in [1.165, 1.54) is 0 Å². The highest BCUT2D eigenvalue weighted by molar-refractivity contribution is 5.60. The number of aliphatic hydroxyl groups is 6. The topological polar surface area (TPSA) is 162 Å². The van der Waals surface area contributed by atoms with Gasteiger partial charge in [-0.25, -0.2) is 0 Å². The summed E-state index contributed by atoms with van der Waals surface area (Å²) in [6.07, 6.45) is -1.91. The van der Waals surface area contributed by atoms with Crippen molar-refractivity contribution in [3.63, 3.8) is 0 Å². The van der Waals surface area contributed by atoms with Crippen LogP contribution in [0.4, 0.5) is 0 Å². The maximum atomic E-state index is 8.89. The Labute approximate surface area is 93.0 Å². The molecule has 8 nitrogen and oxygen atoms in total. The van der Waals surface area contributed by atoms with Crippen molar-refractivity contribution in [3.05, 3.63) is 0 Å². The van der Waals surface area contributed by atoms with Crippen molar-refractivity contribution < 1.29 is 40.5 Å². The van der Waals surface area contributed by atoms with Crippen molar-refractivity contribution in [1.29, 1.82) is 0 Å². The van der Waals surface area contributed by atoms with Crippen LogP contribution in [0.25, 0.3) is 0 Å². The zero-order valence-corrected chi connectivity index (χ0v) is 8.98. The van der Waals surface area contributed by atoms with E-state index in [2.05, 4.69) is 0 Å². The van der Waals surface area contributed by atoms with E-state index in [1.54, 1.807) is 0 Å². The molecule has 0 saturated heterocycles. The van der Waals surface area contributed by atoms with Gasteiger partial charge >= 0.3 is 0 Å². The lowest BCUT2D eigenvalue weighted by Crippen LogP contribution is -2.16. The van der Waals surface area contributed by atoms with E-state index in [0.29, 0.717) is 0 Å². The van der Waals surface area contributed by atoms with Crippen molar-refractivity contribution in [3.8, 4) is 0 Å². The number of aliphatic hydroxyl groups excluding tert-OH is 6. The van der Waals surface area contributed by atoms with Gasteiger partial charge in [0.1, 0.15) is 12.2 Å². The lowest BCUT2D eigenvalue weighted by atomic mass is 10.4. The molecule has 0 aliphatic heterocycles. The van der Waals surface area contributed by atoms with Crippen molar-refractivity contribution in [2.24, 2.45) is 0 Å². The molecule has 0 amide bonds. The molecule has 6 N–H and O–H groups in total. The highest BCUT2D eigenvalue weighted by Gasteiger charge is 1.94. The molecule has 0 bridgehead atoms. The molecule has 0 aliphatic carbocycles. The number of hydrogen-bond donors (Lipinski definition) is 6. The predicted molar refractivity (Wildman–Crippen MR) is 51.0 cm³/mol. The molecule has 0 saturated carbocycles. The fourth-order valence-electron chi connectivity index (χ4n) is 0.115. The lowest BCUT2D eigenvalue weighted by molar-refractivity contribution is -0.302. The van der Waals surface area contributed by atoms with E-state index in [4.69, 9.17) is 40.5 Å². The van der Waals surface area contributed by atoms with Gasteiger partial charge in [0.25, 0.3) is 0 Å². The van der Waals surface area contributed by atoms with Crippen molar-refractivity contribution in [2.75, 3.05) is 26.4 Å². The lowest BCUT2D eigenvalue weighted by Gasteiger charge is -1.96. The molecule has 0 fully saturated rings. The zero-order chi connectivity index (χ0) is 13.6. The summed E-state index contributed by atoms with van der Waals surface area (Å²) < 4.78 is 0. The number of carboxylic acid groups (broad SMARTS) is 1. The molecular weight excluding hydrogens is 224 g/mol. The fourth-order valence-corrected chi connectivity index (χ4v) is 0.115. The van der Waals surface area contributed by atoms with Gasteiger partial charge in [0, 0.05) is 5.97 Å². The van der Waals surface area contributed by atoms with Crippen LogP contribution in [0.3, 0.4) is 0 Å². The van der Waals surface area contributed by atoms with E-state index in [1.807, 2.05) is 0 Å². The molecule has 0 atom stereocenters. The van der Waals surface area contributed by atoms with Gasteiger partial charge < -0.3 is 40.5 Å². The van der Waals surface area contributed by atoms with Gasteiger partial charge in [-0.2, -0.15) is 0 Å². The highest BCUT2D eigenvalue weighted by atomic mass is 16.4. The van der Waals surface area contributed by atoms with E-state index in [-0.39, 0.29) is 26.4 Å². The van der Waals surface area contributed by atoms with Crippen LogP contribution in [-0.2, 0) is 4.79 Å². The number of carboxylic acids is 1. The van der Waals surface area contributed by atoms with E-state index >= 15 is 0 Å². The minimum Gasteiger partial charge on any atom is -0.550 e. The van der Waals surface area contributed by atoms with Crippen molar-refractivity contribution in [2.45, 2.75) is 19.1 Å². The third-order valence-corrected chi connectivity index (χ3v) is 0.843. The maximum absolute atomic E-state index is 8.89. The molecule has 100 valence electrons. The summed E-state index contributed by atoms with van der Waals surface area (Å²) >= 11 is 0. The van der Waals surface area contributed by atoms with Crippen LogP contribution in [-0.4, -0.2) is 75.2 Å². The molecule has 8 heteroatoms. The average Bonchev–Trinajstić information content (AvgIpc) is 2.26. The first-order valence-corrected chi connectivity index (χ1v) is 4.32. The summed E-state index contributed by atoms with van der Waals surface area (Å²) in [5.41, 5.74) is 0. The molecule has 0 heterocycles. The van der Waals surface area contributed by atoms with Crippen LogP contribution in [0.5, 0.6) is 0 Å². The van der Waals surface area contributed by atoms with Crippen LogP contribution < -0.4 is 5.11 Å². The normalized spacial score (nSPS) is 9.06. The molecule has 0 aromatic heterocycles. The number of carbonyl (C=O) groups is 1. The van der Waals surface area contributed by atoms with Crippen LogP contribution in [0.1, 0.15) is 6.92 Å². The Morgan fingerprint density at radius 3 is 1.06 bits per heavy atom. The van der Waals surface area contributed by atoms with Crippen molar-refractivity contribution >= 4 is 5.97 Å². The van der Waals surface area contributed by atoms with Gasteiger partial charge in [0.2, 0.25) is 0 Å². The Morgan fingerprint density at radius 2 is 1.06 bits per heavy atom. The minimum atomic E-state index is -1.08. The Morgan fingerprint density at radius 1 is 0.938 bits per heavy atom. The smallest absolute Gasteiger partial charge is 0.100 e. The van der Waals surface area contributed by atoms with Gasteiger partial charge in [0.15, 0.2) is 0 Å². The van der Waals surface area contributed by atoms with E-state index in [0.717, 1.165) is 6.92 Å². The predicted octanol–water partition coefficient (Wildman–Crippen LogP) is -4.58. The van der Waals surface area contributed by atoms with Crippen LogP contribution >= 0.6 is 0 Å². The standard InChI is InChI=1S/2C3H8O3.C2H4O2/c2*4-1-3(6)2-5;1-2(3)4/h2*3-6H,1-2H2;1H3,(H,3,4)/p-1. The van der Waals surface area contributed by atoms with Gasteiger partial charge in [-0.1, -0.05) is 0 Å². The molecule has 16 heavy (non-hydrogen) atoms. The number of rotatable bonds is 4. The van der Waals surface area contributed by atoms with Gasteiger partial charge in [-0.3, -0.25) is 0 Å². The molecule has 0 radical (unpaired) electrons. The van der Waals surface area contributed by atoms with E-state index < -0.39 is 18.2 Å². The molecule has 0 aromatic carbocycles. The number of carbonyl (C=O) groups excluding carboxylic acids is 1. The Balaban J connectivity index is -0.000000162. The second-order valence-electron chi connectivity index (χ2n) is 2.53. The first-order valence-electron chi connectivity index (χ1n) is 4.32. The first-order chi connectivity index (χ1) is 7.35. The van der Waals surface area contributed by atoms with Crippen LogP contribution in [0.2, 0.25) is 0 Å². The molecule has 0 rings (SSSR count). The molecule has 0 unspecified atom stereocenters. The van der Waals surface area contributed by atoms with Crippen LogP contribution in [0.15, 0.2) is 0 Å². The average molecular weight is 243 g/mol. The monoisotopic (exact) mass is 243 g/mol. The molecule has 0 spiro atoms. The summed E-state index contributed by atoms with van der Waals surface area (Å²) in [5, 5.41) is 56.9. The number of aliphatic carboxylic acids is 1.